The van der Waals surface area contributed by atoms with Gasteiger partial charge in [-0.3, -0.25) is 4.57 Å². The van der Waals surface area contributed by atoms with Gasteiger partial charge in [0.2, 0.25) is 0 Å². The second-order valence-electron chi connectivity index (χ2n) is 3.33. The molecule has 0 aliphatic rings. The van der Waals surface area contributed by atoms with Gasteiger partial charge in [0.25, 0.3) is 0 Å². The third kappa shape index (κ3) is 1.82. The highest BCUT2D eigenvalue weighted by atomic mass is 35.5. The summed E-state index contributed by atoms with van der Waals surface area (Å²) in [5.74, 6) is 0. The molecule has 2 N–H and O–H groups in total. The van der Waals surface area contributed by atoms with Crippen LogP contribution in [0.5, 0.6) is 0 Å². The lowest BCUT2D eigenvalue weighted by atomic mass is 10.2. The van der Waals surface area contributed by atoms with Gasteiger partial charge in [-0.15, -0.1) is 0 Å². The van der Waals surface area contributed by atoms with E-state index in [0.29, 0.717) is 10.4 Å². The van der Waals surface area contributed by atoms with E-state index in [2.05, 4.69) is 0 Å². The van der Waals surface area contributed by atoms with E-state index in [1.165, 1.54) is 6.20 Å². The molecule has 0 amide bonds. The first kappa shape index (κ1) is 10.7. The zero-order valence-electron chi connectivity index (χ0n) is 7.88. The van der Waals surface area contributed by atoms with Crippen LogP contribution in [-0.2, 0) is 11.6 Å². The molecule has 0 aliphatic heterocycles. The number of nitrogens with zero attached hydrogens (tertiary/aromatic N) is 1. The highest BCUT2D eigenvalue weighted by Gasteiger charge is 2.22. The summed E-state index contributed by atoms with van der Waals surface area (Å²) in [4.78, 5) is 18.3. The van der Waals surface area contributed by atoms with Gasteiger partial charge < -0.3 is 14.4 Å². The third-order valence-corrected chi connectivity index (χ3v) is 3.46. The van der Waals surface area contributed by atoms with Crippen LogP contribution in [0.25, 0.3) is 10.9 Å². The number of aromatic nitrogens is 1. The molecule has 0 atom stereocenters. The second-order valence-corrected chi connectivity index (χ2v) is 5.34. The Labute approximate surface area is 91.3 Å². The monoisotopic (exact) mass is 245 g/mol. The Kier molecular flexibility index (Phi) is 2.40. The van der Waals surface area contributed by atoms with Gasteiger partial charge >= 0.3 is 7.60 Å². The lowest BCUT2D eigenvalue weighted by Gasteiger charge is -2.00. The minimum Gasteiger partial charge on any atom is -0.350 e. The number of halogens is 1. The molecule has 0 spiro atoms. The summed E-state index contributed by atoms with van der Waals surface area (Å²) in [5.41, 5.74) is 0.748. The Morgan fingerprint density at radius 2 is 2.07 bits per heavy atom. The van der Waals surface area contributed by atoms with E-state index in [1.807, 2.05) is 0 Å². The first-order valence-corrected chi connectivity index (χ1v) is 6.19. The number of aryl methyl sites for hydroxylation is 1. The summed E-state index contributed by atoms with van der Waals surface area (Å²) in [6.45, 7) is 0. The minimum absolute atomic E-state index is 0.0162. The van der Waals surface area contributed by atoms with Gasteiger partial charge in [0, 0.05) is 29.2 Å². The van der Waals surface area contributed by atoms with Gasteiger partial charge in [-0.25, -0.2) is 0 Å². The standard InChI is InChI=1S/C9H9ClNO3P/c1-11-5-9(15(12,13)14)7-4-6(10)2-3-8(7)11/h2-5H,1H3,(H2,12,13,14). The summed E-state index contributed by atoms with van der Waals surface area (Å²) in [5, 5.41) is 0.976. The highest BCUT2D eigenvalue weighted by molar-refractivity contribution is 7.60. The van der Waals surface area contributed by atoms with Gasteiger partial charge in [0.15, 0.2) is 0 Å². The van der Waals surface area contributed by atoms with E-state index in [1.54, 1.807) is 29.8 Å². The Morgan fingerprint density at radius 3 is 2.67 bits per heavy atom. The maximum Gasteiger partial charge on any atom is 0.358 e. The van der Waals surface area contributed by atoms with Crippen LogP contribution in [-0.4, -0.2) is 14.4 Å². The fourth-order valence-electron chi connectivity index (χ4n) is 1.58. The SMILES string of the molecule is Cn1cc(P(=O)(O)O)c2cc(Cl)ccc21. The zero-order valence-corrected chi connectivity index (χ0v) is 9.53. The van der Waals surface area contributed by atoms with Crippen molar-refractivity contribution in [2.75, 3.05) is 0 Å². The normalized spacial score (nSPS) is 12.3. The smallest absolute Gasteiger partial charge is 0.350 e. The van der Waals surface area contributed by atoms with Crippen LogP contribution in [0.4, 0.5) is 0 Å². The van der Waals surface area contributed by atoms with Crippen LogP contribution in [0.2, 0.25) is 5.02 Å². The minimum atomic E-state index is -4.24. The van der Waals surface area contributed by atoms with Crippen LogP contribution < -0.4 is 5.30 Å². The van der Waals surface area contributed by atoms with Crippen molar-refractivity contribution in [1.29, 1.82) is 0 Å². The van der Waals surface area contributed by atoms with Crippen LogP contribution in [0.15, 0.2) is 24.4 Å². The maximum atomic E-state index is 11.2. The summed E-state index contributed by atoms with van der Waals surface area (Å²) >= 11 is 5.79. The molecule has 0 saturated carbocycles. The summed E-state index contributed by atoms with van der Waals surface area (Å²) in [6.07, 6.45) is 1.43. The van der Waals surface area contributed by atoms with Crippen molar-refractivity contribution in [3.8, 4) is 0 Å². The third-order valence-electron chi connectivity index (χ3n) is 2.24. The van der Waals surface area contributed by atoms with Crippen molar-refractivity contribution in [2.45, 2.75) is 0 Å². The molecule has 1 aromatic carbocycles. The molecule has 0 radical (unpaired) electrons. The van der Waals surface area contributed by atoms with Gasteiger partial charge in [0.1, 0.15) is 0 Å². The molecule has 2 aromatic rings. The molecule has 6 heteroatoms. The maximum absolute atomic E-state index is 11.2. The van der Waals surface area contributed by atoms with Crippen molar-refractivity contribution in [1.82, 2.24) is 4.57 Å². The average Bonchev–Trinajstić information content (AvgIpc) is 2.42. The predicted molar refractivity (Wildman–Crippen MR) is 59.6 cm³/mol. The Hall–Kier alpha value is -0.800. The number of fused-ring (bicyclic) bond motifs is 1. The molecule has 15 heavy (non-hydrogen) atoms. The molecule has 4 nitrogen and oxygen atoms in total. The van der Waals surface area contributed by atoms with Crippen molar-refractivity contribution >= 4 is 35.4 Å². The zero-order chi connectivity index (χ0) is 11.2. The van der Waals surface area contributed by atoms with Crippen molar-refractivity contribution in [3.05, 3.63) is 29.4 Å². The molecule has 80 valence electrons. The van der Waals surface area contributed by atoms with E-state index < -0.39 is 7.60 Å². The fraction of sp³-hybridized carbons (Fsp3) is 0.111. The predicted octanol–water partition coefficient (Wildman–Crippen LogP) is 1.63. The Balaban J connectivity index is 2.87. The van der Waals surface area contributed by atoms with Crippen LogP contribution in [0.3, 0.4) is 0 Å². The molecule has 0 aliphatic carbocycles. The molecular weight excluding hydrogens is 237 g/mol. The van der Waals surface area contributed by atoms with E-state index >= 15 is 0 Å². The topological polar surface area (TPSA) is 62.5 Å². The van der Waals surface area contributed by atoms with Crippen LogP contribution >= 0.6 is 19.2 Å². The summed E-state index contributed by atoms with van der Waals surface area (Å²) < 4.78 is 12.9. The van der Waals surface area contributed by atoms with Crippen molar-refractivity contribution in [3.63, 3.8) is 0 Å². The molecular formula is C9H9ClNO3P. The lowest BCUT2D eigenvalue weighted by molar-refractivity contribution is 0.387. The van der Waals surface area contributed by atoms with E-state index in [9.17, 15) is 4.57 Å². The number of hydrogen-bond acceptors (Lipinski definition) is 1. The van der Waals surface area contributed by atoms with Gasteiger partial charge in [-0.05, 0) is 18.2 Å². The molecule has 1 heterocycles. The molecule has 2 rings (SSSR count). The number of benzene rings is 1. The molecule has 0 fully saturated rings. The first-order valence-electron chi connectivity index (χ1n) is 4.20. The number of rotatable bonds is 1. The molecule has 0 unspecified atom stereocenters. The highest BCUT2D eigenvalue weighted by Crippen LogP contribution is 2.37. The quantitative estimate of drug-likeness (QED) is 0.751. The average molecular weight is 246 g/mol. The van der Waals surface area contributed by atoms with Crippen LogP contribution in [0.1, 0.15) is 0 Å². The Morgan fingerprint density at radius 1 is 1.40 bits per heavy atom. The van der Waals surface area contributed by atoms with E-state index in [0.717, 1.165) is 5.52 Å². The molecule has 0 bridgehead atoms. The Bertz CT molecular complexity index is 572. The van der Waals surface area contributed by atoms with E-state index in [4.69, 9.17) is 21.4 Å². The van der Waals surface area contributed by atoms with Crippen LogP contribution in [0, 0.1) is 0 Å². The van der Waals surface area contributed by atoms with Gasteiger partial charge in [-0.1, -0.05) is 11.6 Å². The lowest BCUT2D eigenvalue weighted by Crippen LogP contribution is -2.01. The number of hydrogen-bond donors (Lipinski definition) is 2. The van der Waals surface area contributed by atoms with Crippen molar-refractivity contribution in [2.24, 2.45) is 7.05 Å². The molecule has 1 aromatic heterocycles. The summed E-state index contributed by atoms with van der Waals surface area (Å²) in [7, 11) is -2.51. The second kappa shape index (κ2) is 3.35. The summed E-state index contributed by atoms with van der Waals surface area (Å²) in [6, 6.07) is 4.98. The van der Waals surface area contributed by atoms with E-state index in [-0.39, 0.29) is 5.30 Å². The first-order chi connectivity index (χ1) is 6.89. The molecule has 0 saturated heterocycles. The largest absolute Gasteiger partial charge is 0.358 e. The van der Waals surface area contributed by atoms with Crippen molar-refractivity contribution < 1.29 is 14.4 Å². The van der Waals surface area contributed by atoms with Gasteiger partial charge in [-0.2, -0.15) is 0 Å². The van der Waals surface area contributed by atoms with Gasteiger partial charge in [0.05, 0.1) is 5.30 Å². The fourth-order valence-corrected chi connectivity index (χ4v) is 2.56.